The Labute approximate surface area is 191 Å². The van der Waals surface area contributed by atoms with E-state index in [-0.39, 0.29) is 42.2 Å². The monoisotopic (exact) mass is 486 g/mol. The molecule has 2 aromatic rings. The van der Waals surface area contributed by atoms with E-state index in [0.717, 1.165) is 36.4 Å². The van der Waals surface area contributed by atoms with Gasteiger partial charge >= 0.3 is 12.1 Å². The van der Waals surface area contributed by atoms with E-state index in [0.29, 0.717) is 0 Å². The van der Waals surface area contributed by atoms with Crippen LogP contribution < -0.4 is 5.32 Å². The molecule has 1 heterocycles. The molecule has 0 spiro atoms. The molecule has 0 aromatic heterocycles. The molecular formula is C22H19ClF4N2O4. The number of alkyl halides is 3. The Morgan fingerprint density at radius 2 is 1.70 bits per heavy atom. The van der Waals surface area contributed by atoms with Crippen molar-refractivity contribution in [2.45, 2.75) is 19.0 Å². The Morgan fingerprint density at radius 1 is 1.06 bits per heavy atom. The van der Waals surface area contributed by atoms with Crippen LogP contribution in [-0.2, 0) is 20.5 Å². The molecule has 2 amide bonds. The summed E-state index contributed by atoms with van der Waals surface area (Å²) in [6, 6.07) is 7.37. The van der Waals surface area contributed by atoms with Gasteiger partial charge in [0, 0.05) is 18.7 Å². The van der Waals surface area contributed by atoms with Crippen molar-refractivity contribution in [3.05, 3.63) is 64.4 Å². The van der Waals surface area contributed by atoms with E-state index in [4.69, 9.17) is 16.3 Å². The fourth-order valence-corrected chi connectivity index (χ4v) is 3.55. The van der Waals surface area contributed by atoms with Gasteiger partial charge in [-0.15, -0.1) is 0 Å². The van der Waals surface area contributed by atoms with Crippen LogP contribution in [0.4, 0.5) is 23.2 Å². The van der Waals surface area contributed by atoms with E-state index in [1.165, 1.54) is 11.0 Å². The third-order valence-electron chi connectivity index (χ3n) is 5.13. The molecule has 176 valence electrons. The molecule has 6 nitrogen and oxygen atoms in total. The second kappa shape index (κ2) is 10.2. The number of likely N-dealkylation sites (tertiary alicyclic amines) is 1. The standard InChI is InChI=1S/C22H19ClF4N2O4/c23-17-11-16(24)5-6-18(17)28-19(30)12-33-21(32)14-7-9-29(10-8-14)20(31)13-1-3-15(4-2-13)22(25,26)27/h1-6,11,14H,7-10,12H2,(H,28,30). The molecule has 0 saturated carbocycles. The average Bonchev–Trinajstić information content (AvgIpc) is 2.78. The smallest absolute Gasteiger partial charge is 0.416 e. The molecule has 0 aliphatic carbocycles. The van der Waals surface area contributed by atoms with Crippen LogP contribution in [0.5, 0.6) is 0 Å². The summed E-state index contributed by atoms with van der Waals surface area (Å²) < 4.78 is 56.1. The molecular weight excluding hydrogens is 468 g/mol. The van der Waals surface area contributed by atoms with E-state index in [9.17, 15) is 31.9 Å². The highest BCUT2D eigenvalue weighted by Gasteiger charge is 2.32. The molecule has 33 heavy (non-hydrogen) atoms. The normalized spacial score (nSPS) is 14.6. The van der Waals surface area contributed by atoms with Crippen molar-refractivity contribution in [1.29, 1.82) is 0 Å². The van der Waals surface area contributed by atoms with Crippen LogP contribution in [0, 0.1) is 11.7 Å². The molecule has 0 unspecified atom stereocenters. The Hall–Kier alpha value is -3.14. The van der Waals surface area contributed by atoms with Gasteiger partial charge in [0.2, 0.25) is 0 Å². The number of ether oxygens (including phenoxy) is 1. The first-order chi connectivity index (χ1) is 15.5. The zero-order valence-electron chi connectivity index (χ0n) is 17.1. The maximum Gasteiger partial charge on any atom is 0.416 e. The van der Waals surface area contributed by atoms with Crippen molar-refractivity contribution in [3.63, 3.8) is 0 Å². The highest BCUT2D eigenvalue weighted by molar-refractivity contribution is 6.33. The molecule has 1 saturated heterocycles. The fourth-order valence-electron chi connectivity index (χ4n) is 3.33. The van der Waals surface area contributed by atoms with Gasteiger partial charge in [-0.05, 0) is 55.3 Å². The van der Waals surface area contributed by atoms with Gasteiger partial charge in [0.05, 0.1) is 22.2 Å². The number of benzene rings is 2. The number of rotatable bonds is 5. The molecule has 1 aliphatic heterocycles. The lowest BCUT2D eigenvalue weighted by Gasteiger charge is -2.31. The molecule has 11 heteroatoms. The van der Waals surface area contributed by atoms with Crippen LogP contribution in [0.3, 0.4) is 0 Å². The predicted molar refractivity (Wildman–Crippen MR) is 111 cm³/mol. The van der Waals surface area contributed by atoms with Crippen LogP contribution in [0.2, 0.25) is 5.02 Å². The van der Waals surface area contributed by atoms with Gasteiger partial charge in [-0.1, -0.05) is 11.6 Å². The van der Waals surface area contributed by atoms with E-state index in [1.54, 1.807) is 0 Å². The Morgan fingerprint density at radius 3 is 2.27 bits per heavy atom. The molecule has 0 radical (unpaired) electrons. The predicted octanol–water partition coefficient (Wildman–Crippen LogP) is 4.53. The first-order valence-electron chi connectivity index (χ1n) is 9.92. The number of nitrogens with one attached hydrogen (secondary N) is 1. The second-order valence-electron chi connectivity index (χ2n) is 7.42. The quantitative estimate of drug-likeness (QED) is 0.497. The van der Waals surface area contributed by atoms with Gasteiger partial charge in [-0.2, -0.15) is 13.2 Å². The number of halogens is 5. The van der Waals surface area contributed by atoms with Crippen LogP contribution in [0.15, 0.2) is 42.5 Å². The lowest BCUT2D eigenvalue weighted by Crippen LogP contribution is -2.41. The number of carbonyl (C=O) groups is 3. The molecule has 1 aliphatic rings. The summed E-state index contributed by atoms with van der Waals surface area (Å²) in [6.07, 6.45) is -3.91. The molecule has 3 rings (SSSR count). The van der Waals surface area contributed by atoms with Gasteiger partial charge in [-0.25, -0.2) is 4.39 Å². The first kappa shape index (κ1) is 24.5. The molecule has 1 N–H and O–H groups in total. The van der Waals surface area contributed by atoms with Crippen molar-refractivity contribution in [1.82, 2.24) is 4.90 Å². The molecule has 2 aromatic carbocycles. The topological polar surface area (TPSA) is 75.7 Å². The van der Waals surface area contributed by atoms with Gasteiger partial charge in [0.25, 0.3) is 11.8 Å². The largest absolute Gasteiger partial charge is 0.455 e. The number of anilines is 1. The van der Waals surface area contributed by atoms with Gasteiger partial charge in [0.15, 0.2) is 6.61 Å². The average molecular weight is 487 g/mol. The van der Waals surface area contributed by atoms with Crippen molar-refractivity contribution >= 4 is 35.1 Å². The summed E-state index contributed by atoms with van der Waals surface area (Å²) in [5.74, 6) is -2.76. The zero-order chi connectivity index (χ0) is 24.2. The fraction of sp³-hybridized carbons (Fsp3) is 0.318. The number of amides is 2. The summed E-state index contributed by atoms with van der Waals surface area (Å²) in [5, 5.41) is 2.41. The number of hydrogen-bond donors (Lipinski definition) is 1. The van der Waals surface area contributed by atoms with Crippen molar-refractivity contribution in [2.24, 2.45) is 5.92 Å². The number of piperidine rings is 1. The summed E-state index contributed by atoms with van der Waals surface area (Å²) in [7, 11) is 0. The second-order valence-corrected chi connectivity index (χ2v) is 7.83. The van der Waals surface area contributed by atoms with Gasteiger partial charge in [0.1, 0.15) is 5.82 Å². The van der Waals surface area contributed by atoms with Crippen LogP contribution in [0.25, 0.3) is 0 Å². The SMILES string of the molecule is O=C(COC(=O)C1CCN(C(=O)c2ccc(C(F)(F)F)cc2)CC1)Nc1ccc(F)cc1Cl. The first-order valence-corrected chi connectivity index (χ1v) is 10.3. The number of carbonyl (C=O) groups excluding carboxylic acids is 3. The highest BCUT2D eigenvalue weighted by atomic mass is 35.5. The maximum absolute atomic E-state index is 13.0. The molecule has 0 atom stereocenters. The number of nitrogens with zero attached hydrogens (tertiary/aromatic N) is 1. The molecule has 1 fully saturated rings. The van der Waals surface area contributed by atoms with E-state index in [2.05, 4.69) is 5.32 Å². The Bertz CT molecular complexity index is 1040. The summed E-state index contributed by atoms with van der Waals surface area (Å²) in [4.78, 5) is 38.2. The van der Waals surface area contributed by atoms with Crippen molar-refractivity contribution < 1.29 is 36.7 Å². The maximum atomic E-state index is 13.0. The third kappa shape index (κ3) is 6.44. The minimum Gasteiger partial charge on any atom is -0.455 e. The lowest BCUT2D eigenvalue weighted by atomic mass is 9.96. The number of esters is 1. The summed E-state index contributed by atoms with van der Waals surface area (Å²) in [5.41, 5.74) is -0.541. The molecule has 0 bridgehead atoms. The van der Waals surface area contributed by atoms with Crippen molar-refractivity contribution in [2.75, 3.05) is 25.0 Å². The van der Waals surface area contributed by atoms with Gasteiger partial charge in [-0.3, -0.25) is 14.4 Å². The summed E-state index contributed by atoms with van der Waals surface area (Å²) in [6.45, 7) is -0.120. The van der Waals surface area contributed by atoms with E-state index < -0.39 is 47.9 Å². The Balaban J connectivity index is 1.45. The third-order valence-corrected chi connectivity index (χ3v) is 5.44. The van der Waals surface area contributed by atoms with E-state index >= 15 is 0 Å². The lowest BCUT2D eigenvalue weighted by molar-refractivity contribution is -0.152. The Kier molecular flexibility index (Phi) is 7.57. The minimum absolute atomic E-state index is 0.000221. The highest BCUT2D eigenvalue weighted by Crippen LogP contribution is 2.29. The zero-order valence-corrected chi connectivity index (χ0v) is 17.9. The number of hydrogen-bond acceptors (Lipinski definition) is 4. The van der Waals surface area contributed by atoms with Gasteiger partial charge < -0.3 is 15.0 Å². The van der Waals surface area contributed by atoms with Crippen LogP contribution in [-0.4, -0.2) is 42.4 Å². The van der Waals surface area contributed by atoms with Crippen LogP contribution >= 0.6 is 11.6 Å². The van der Waals surface area contributed by atoms with E-state index in [1.807, 2.05) is 0 Å². The minimum atomic E-state index is -4.48. The summed E-state index contributed by atoms with van der Waals surface area (Å²) >= 11 is 5.82. The van der Waals surface area contributed by atoms with Crippen molar-refractivity contribution in [3.8, 4) is 0 Å². The van der Waals surface area contributed by atoms with Crippen LogP contribution in [0.1, 0.15) is 28.8 Å².